The Labute approximate surface area is 234 Å². The van der Waals surface area contributed by atoms with Crippen LogP contribution in [0.15, 0.2) is 87.3 Å². The zero-order chi connectivity index (χ0) is 27.7. The highest BCUT2D eigenvalue weighted by molar-refractivity contribution is 8.18. The summed E-state index contributed by atoms with van der Waals surface area (Å²) >= 11 is 1.38. The van der Waals surface area contributed by atoms with Crippen molar-refractivity contribution in [3.8, 4) is 11.4 Å². The Morgan fingerprint density at radius 3 is 2.36 bits per heavy atom. The highest BCUT2D eigenvalue weighted by Crippen LogP contribution is 2.37. The molecule has 0 spiro atoms. The van der Waals surface area contributed by atoms with Gasteiger partial charge < -0.3 is 13.7 Å². The van der Waals surface area contributed by atoms with Crippen LogP contribution in [0.25, 0.3) is 11.8 Å². The van der Waals surface area contributed by atoms with E-state index in [1.807, 2.05) is 42.5 Å². The lowest BCUT2D eigenvalue weighted by Gasteiger charge is -2.20. The molecule has 0 atom stereocenters. The van der Waals surface area contributed by atoms with Gasteiger partial charge >= 0.3 is 0 Å². The van der Waals surface area contributed by atoms with Crippen LogP contribution in [0.4, 0.5) is 5.69 Å². The van der Waals surface area contributed by atoms with Crippen molar-refractivity contribution < 1.29 is 13.9 Å². The Hall–Kier alpha value is -3.97. The first-order valence-electron chi connectivity index (χ1n) is 12.9. The van der Waals surface area contributed by atoms with E-state index in [0.717, 1.165) is 34.1 Å². The lowest BCUT2D eigenvalue weighted by atomic mass is 9.87. The zero-order valence-corrected chi connectivity index (χ0v) is 24.0. The molecule has 1 saturated heterocycles. The van der Waals surface area contributed by atoms with E-state index in [9.17, 15) is 4.79 Å². The molecule has 1 aliphatic rings. The van der Waals surface area contributed by atoms with Crippen molar-refractivity contribution in [1.29, 1.82) is 0 Å². The third kappa shape index (κ3) is 5.59. The summed E-state index contributed by atoms with van der Waals surface area (Å²) < 4.78 is 13.0. The summed E-state index contributed by atoms with van der Waals surface area (Å²) in [6.07, 6.45) is 3.59. The number of methoxy groups -OCH3 is 1. The molecule has 2 aromatic carbocycles. The van der Waals surface area contributed by atoms with E-state index < -0.39 is 0 Å². The number of ether oxygens (including phenoxy) is 1. The molecule has 1 amide bonds. The fourth-order valence-electron chi connectivity index (χ4n) is 4.64. The minimum atomic E-state index is -0.0944. The van der Waals surface area contributed by atoms with Gasteiger partial charge in [-0.05, 0) is 103 Å². The van der Waals surface area contributed by atoms with E-state index in [4.69, 9.17) is 14.1 Å². The van der Waals surface area contributed by atoms with Crippen LogP contribution in [0.1, 0.15) is 49.0 Å². The number of aromatic nitrogens is 1. The normalized spacial score (nSPS) is 16.1. The summed E-state index contributed by atoms with van der Waals surface area (Å²) in [5.74, 6) is 1.36. The maximum absolute atomic E-state index is 13.6. The van der Waals surface area contributed by atoms with E-state index in [-0.39, 0.29) is 11.3 Å². The molecule has 7 heteroatoms. The Morgan fingerprint density at radius 2 is 1.74 bits per heavy atom. The fraction of sp³-hybridized carbons (Fsp3) is 0.250. The molecule has 3 heterocycles. The Kier molecular flexibility index (Phi) is 7.28. The first kappa shape index (κ1) is 26.6. The predicted octanol–water partition coefficient (Wildman–Crippen LogP) is 7.80. The number of aryl methyl sites for hydroxylation is 1. The molecule has 1 fully saturated rings. The van der Waals surface area contributed by atoms with E-state index in [0.29, 0.717) is 22.4 Å². The largest absolute Gasteiger partial charge is 0.497 e. The van der Waals surface area contributed by atoms with Crippen molar-refractivity contribution in [2.45, 2.75) is 46.6 Å². The number of hydrogen-bond acceptors (Lipinski definition) is 5. The van der Waals surface area contributed by atoms with Crippen molar-refractivity contribution in [3.63, 3.8) is 0 Å². The number of carbonyl (C=O) groups excluding carboxylic acids is 1. The molecule has 1 aliphatic heterocycles. The summed E-state index contributed by atoms with van der Waals surface area (Å²) in [6.45, 7) is 11.1. The van der Waals surface area contributed by atoms with Gasteiger partial charge in [0.15, 0.2) is 5.17 Å². The fourth-order valence-corrected chi connectivity index (χ4v) is 5.63. The van der Waals surface area contributed by atoms with E-state index in [1.54, 1.807) is 18.3 Å². The Balaban J connectivity index is 1.49. The smallest absolute Gasteiger partial charge is 0.267 e. The topological polar surface area (TPSA) is 60.0 Å². The third-order valence-corrected chi connectivity index (χ3v) is 7.83. The number of amidine groups is 1. The van der Waals surface area contributed by atoms with Crippen LogP contribution < -0.4 is 4.74 Å². The lowest BCUT2D eigenvalue weighted by Crippen LogP contribution is -2.28. The standard InChI is InChI=1S/C32H33N3O3S/c1-21-18-23(22(2)35(21)26-13-9-24(10-14-26)32(3,4)5)19-29-30(36)34(20-28-8-7-17-38-28)31(39-29)33-25-11-15-27(37-6)16-12-25/h7-19H,20H2,1-6H3/b29-19-,33-31?. The van der Waals surface area contributed by atoms with Crippen LogP contribution in [-0.2, 0) is 16.8 Å². The monoisotopic (exact) mass is 539 g/mol. The van der Waals surface area contributed by atoms with Gasteiger partial charge in [0.2, 0.25) is 0 Å². The van der Waals surface area contributed by atoms with Crippen molar-refractivity contribution in [1.82, 2.24) is 9.47 Å². The molecule has 0 saturated carbocycles. The van der Waals surface area contributed by atoms with Crippen LogP contribution in [0.3, 0.4) is 0 Å². The van der Waals surface area contributed by atoms with Crippen LogP contribution in [0, 0.1) is 13.8 Å². The average molecular weight is 540 g/mol. The number of hydrogen-bond donors (Lipinski definition) is 0. The summed E-state index contributed by atoms with van der Waals surface area (Å²) in [6, 6.07) is 22.0. The quantitative estimate of drug-likeness (QED) is 0.235. The highest BCUT2D eigenvalue weighted by Gasteiger charge is 2.34. The number of rotatable bonds is 6. The van der Waals surface area contributed by atoms with Crippen molar-refractivity contribution in [2.75, 3.05) is 7.11 Å². The number of thioether (sulfide) groups is 1. The SMILES string of the molecule is COc1ccc(N=C2S/C(=C\c3cc(C)n(-c4ccc(C(C)(C)C)cc4)c3C)C(=O)N2Cc2ccco2)cc1. The molecule has 0 radical (unpaired) electrons. The second-order valence-corrected chi connectivity index (χ2v) is 11.6. The average Bonchev–Trinajstić information content (AvgIpc) is 3.60. The van der Waals surface area contributed by atoms with Gasteiger partial charge in [-0.1, -0.05) is 32.9 Å². The summed E-state index contributed by atoms with van der Waals surface area (Å²) in [4.78, 5) is 20.7. The molecule has 4 aromatic rings. The number of nitrogens with zero attached hydrogens (tertiary/aromatic N) is 3. The second-order valence-electron chi connectivity index (χ2n) is 10.6. The van der Waals surface area contributed by atoms with E-state index >= 15 is 0 Å². The molecular formula is C32H33N3O3S. The molecule has 0 unspecified atom stereocenters. The molecule has 39 heavy (non-hydrogen) atoms. The van der Waals surface area contributed by atoms with Crippen molar-refractivity contribution >= 4 is 34.6 Å². The van der Waals surface area contributed by atoms with Crippen molar-refractivity contribution in [2.24, 2.45) is 4.99 Å². The van der Waals surface area contributed by atoms with Crippen LogP contribution in [-0.4, -0.2) is 27.7 Å². The van der Waals surface area contributed by atoms with Gasteiger partial charge in [0, 0.05) is 17.1 Å². The van der Waals surface area contributed by atoms with Gasteiger partial charge in [0.1, 0.15) is 11.5 Å². The molecule has 6 nitrogen and oxygen atoms in total. The maximum atomic E-state index is 13.6. The maximum Gasteiger partial charge on any atom is 0.267 e. The number of benzene rings is 2. The van der Waals surface area contributed by atoms with E-state index in [2.05, 4.69) is 69.5 Å². The summed E-state index contributed by atoms with van der Waals surface area (Å²) in [5, 5.41) is 0.611. The Bertz CT molecular complexity index is 1540. The molecular weight excluding hydrogens is 506 g/mol. The Morgan fingerprint density at radius 1 is 1.03 bits per heavy atom. The van der Waals surface area contributed by atoms with E-state index in [1.165, 1.54) is 17.3 Å². The minimum Gasteiger partial charge on any atom is -0.497 e. The van der Waals surface area contributed by atoms with Gasteiger partial charge in [-0.3, -0.25) is 9.69 Å². The minimum absolute atomic E-state index is 0.0944. The second kappa shape index (κ2) is 10.7. The van der Waals surface area contributed by atoms with Crippen LogP contribution >= 0.6 is 11.8 Å². The van der Waals surface area contributed by atoms with Gasteiger partial charge in [0.25, 0.3) is 5.91 Å². The number of amides is 1. The first-order valence-corrected chi connectivity index (χ1v) is 13.7. The zero-order valence-electron chi connectivity index (χ0n) is 23.2. The molecule has 2 aromatic heterocycles. The number of aliphatic imine (C=N–C) groups is 1. The molecule has 200 valence electrons. The van der Waals surface area contributed by atoms with Crippen molar-refractivity contribution in [3.05, 3.63) is 106 Å². The van der Waals surface area contributed by atoms with Gasteiger partial charge in [-0.2, -0.15) is 0 Å². The van der Waals surface area contributed by atoms with Crippen LogP contribution in [0.2, 0.25) is 0 Å². The van der Waals surface area contributed by atoms with Gasteiger partial charge in [0.05, 0.1) is 30.5 Å². The van der Waals surface area contributed by atoms with Gasteiger partial charge in [-0.25, -0.2) is 4.99 Å². The molecule has 5 rings (SSSR count). The molecule has 0 aliphatic carbocycles. The number of furan rings is 1. The van der Waals surface area contributed by atoms with Gasteiger partial charge in [-0.15, -0.1) is 0 Å². The first-order chi connectivity index (χ1) is 18.6. The highest BCUT2D eigenvalue weighted by atomic mass is 32.2. The lowest BCUT2D eigenvalue weighted by molar-refractivity contribution is -0.122. The third-order valence-electron chi connectivity index (χ3n) is 6.83. The molecule has 0 N–H and O–H groups in total. The number of carbonyl (C=O) groups is 1. The predicted molar refractivity (Wildman–Crippen MR) is 159 cm³/mol. The summed E-state index contributed by atoms with van der Waals surface area (Å²) in [7, 11) is 1.63. The van der Waals surface area contributed by atoms with Crippen LogP contribution in [0.5, 0.6) is 5.75 Å². The molecule has 0 bridgehead atoms. The summed E-state index contributed by atoms with van der Waals surface area (Å²) in [5.41, 5.74) is 6.44.